The summed E-state index contributed by atoms with van der Waals surface area (Å²) in [6.07, 6.45) is 0.990. The zero-order valence-corrected chi connectivity index (χ0v) is 9.66. The van der Waals surface area contributed by atoms with E-state index in [0.717, 1.165) is 24.3 Å². The number of rotatable bonds is 5. The van der Waals surface area contributed by atoms with Crippen LogP contribution in [-0.2, 0) is 13.0 Å². The third kappa shape index (κ3) is 3.53. The fourth-order valence-corrected chi connectivity index (χ4v) is 1.46. The van der Waals surface area contributed by atoms with Crippen LogP contribution in [0.4, 0.5) is 0 Å². The zero-order valence-electron chi connectivity index (χ0n) is 9.66. The molecule has 15 heavy (non-hydrogen) atoms. The number of hydrogen-bond donors (Lipinski definition) is 1. The van der Waals surface area contributed by atoms with Crippen LogP contribution >= 0.6 is 0 Å². The van der Waals surface area contributed by atoms with Crippen LogP contribution in [0.15, 0.2) is 18.2 Å². The Labute approximate surface area is 91.3 Å². The number of benzene rings is 1. The molecule has 0 unspecified atom stereocenters. The van der Waals surface area contributed by atoms with Crippen molar-refractivity contribution in [3.63, 3.8) is 0 Å². The van der Waals surface area contributed by atoms with Gasteiger partial charge in [-0.25, -0.2) is 0 Å². The van der Waals surface area contributed by atoms with E-state index in [1.807, 2.05) is 18.2 Å². The van der Waals surface area contributed by atoms with E-state index in [1.54, 1.807) is 7.11 Å². The molecular weight excluding hydrogens is 190 g/mol. The predicted molar refractivity (Wildman–Crippen MR) is 61.2 cm³/mol. The summed E-state index contributed by atoms with van der Waals surface area (Å²) in [5.41, 5.74) is 2.09. The molecule has 3 heteroatoms. The Hall–Kier alpha value is -1.06. The molecule has 0 aliphatic rings. The first kappa shape index (κ1) is 12.0. The van der Waals surface area contributed by atoms with Gasteiger partial charge in [0, 0.05) is 12.1 Å². The highest BCUT2D eigenvalue weighted by atomic mass is 16.5. The van der Waals surface area contributed by atoms with E-state index in [2.05, 4.69) is 19.0 Å². The van der Waals surface area contributed by atoms with Crippen LogP contribution in [0.25, 0.3) is 0 Å². The van der Waals surface area contributed by atoms with E-state index in [4.69, 9.17) is 9.84 Å². The summed E-state index contributed by atoms with van der Waals surface area (Å²) in [4.78, 5) is 2.14. The highest BCUT2D eigenvalue weighted by Gasteiger charge is 2.03. The van der Waals surface area contributed by atoms with E-state index in [9.17, 15) is 0 Å². The second-order valence-corrected chi connectivity index (χ2v) is 3.86. The van der Waals surface area contributed by atoms with Gasteiger partial charge in [-0.05, 0) is 38.2 Å². The van der Waals surface area contributed by atoms with Crippen molar-refractivity contribution in [2.24, 2.45) is 0 Å². The quantitative estimate of drug-likeness (QED) is 0.793. The summed E-state index contributed by atoms with van der Waals surface area (Å²) in [6.45, 7) is 1.04. The molecule has 0 radical (unpaired) electrons. The largest absolute Gasteiger partial charge is 0.496 e. The van der Waals surface area contributed by atoms with E-state index >= 15 is 0 Å². The van der Waals surface area contributed by atoms with E-state index in [1.165, 1.54) is 5.56 Å². The van der Waals surface area contributed by atoms with Crippen LogP contribution in [0.3, 0.4) is 0 Å². The molecule has 0 saturated carbocycles. The highest BCUT2D eigenvalue weighted by Crippen LogP contribution is 2.19. The number of methoxy groups -OCH3 is 1. The number of ether oxygens (including phenoxy) is 1. The molecule has 0 bridgehead atoms. The van der Waals surface area contributed by atoms with E-state index in [0.29, 0.717) is 0 Å². The third-order valence-corrected chi connectivity index (χ3v) is 2.36. The van der Waals surface area contributed by atoms with Gasteiger partial charge in [-0.3, -0.25) is 0 Å². The number of hydrogen-bond acceptors (Lipinski definition) is 3. The summed E-state index contributed by atoms with van der Waals surface area (Å²) < 4.78 is 5.15. The van der Waals surface area contributed by atoms with Crippen molar-refractivity contribution in [1.29, 1.82) is 0 Å². The Kier molecular flexibility index (Phi) is 4.59. The smallest absolute Gasteiger partial charge is 0.124 e. The van der Waals surface area contributed by atoms with Gasteiger partial charge in [-0.15, -0.1) is 0 Å². The SMILES string of the molecule is COc1ccc(CCN(C)C)cc1CO. The summed E-state index contributed by atoms with van der Waals surface area (Å²) >= 11 is 0. The molecular formula is C12H19NO2. The van der Waals surface area contributed by atoms with E-state index in [-0.39, 0.29) is 6.61 Å². The van der Waals surface area contributed by atoms with Gasteiger partial charge in [0.1, 0.15) is 5.75 Å². The average molecular weight is 209 g/mol. The van der Waals surface area contributed by atoms with Gasteiger partial charge in [-0.1, -0.05) is 6.07 Å². The third-order valence-electron chi connectivity index (χ3n) is 2.36. The molecule has 0 fully saturated rings. The number of nitrogens with zero attached hydrogens (tertiary/aromatic N) is 1. The number of aliphatic hydroxyl groups excluding tert-OH is 1. The second-order valence-electron chi connectivity index (χ2n) is 3.86. The van der Waals surface area contributed by atoms with Gasteiger partial charge < -0.3 is 14.7 Å². The monoisotopic (exact) mass is 209 g/mol. The van der Waals surface area contributed by atoms with Crippen molar-refractivity contribution in [2.75, 3.05) is 27.7 Å². The van der Waals surface area contributed by atoms with Crippen LogP contribution in [-0.4, -0.2) is 37.8 Å². The molecule has 0 amide bonds. The van der Waals surface area contributed by atoms with E-state index < -0.39 is 0 Å². The van der Waals surface area contributed by atoms with Crippen LogP contribution in [0, 0.1) is 0 Å². The molecule has 0 saturated heterocycles. The van der Waals surface area contributed by atoms with Crippen LogP contribution < -0.4 is 4.74 Å². The number of aliphatic hydroxyl groups is 1. The maximum absolute atomic E-state index is 9.16. The Morgan fingerprint density at radius 2 is 2.07 bits per heavy atom. The standard InChI is InChI=1S/C12H19NO2/c1-13(2)7-6-10-4-5-12(15-3)11(8-10)9-14/h4-5,8,14H,6-7,9H2,1-3H3. The molecule has 0 aliphatic heterocycles. The highest BCUT2D eigenvalue weighted by molar-refractivity contribution is 5.36. The maximum Gasteiger partial charge on any atom is 0.124 e. The minimum atomic E-state index is 0.0268. The van der Waals surface area contributed by atoms with Gasteiger partial charge in [0.15, 0.2) is 0 Å². The lowest BCUT2D eigenvalue weighted by Gasteiger charge is -2.11. The van der Waals surface area contributed by atoms with Gasteiger partial charge in [0.25, 0.3) is 0 Å². The van der Waals surface area contributed by atoms with Gasteiger partial charge >= 0.3 is 0 Å². The molecule has 84 valence electrons. The van der Waals surface area contributed by atoms with Crippen molar-refractivity contribution in [1.82, 2.24) is 4.90 Å². The topological polar surface area (TPSA) is 32.7 Å². The first-order valence-corrected chi connectivity index (χ1v) is 5.08. The molecule has 1 aromatic carbocycles. The molecule has 1 rings (SSSR count). The second kappa shape index (κ2) is 5.73. The molecule has 0 spiro atoms. The lowest BCUT2D eigenvalue weighted by molar-refractivity contribution is 0.273. The Morgan fingerprint density at radius 1 is 1.33 bits per heavy atom. The zero-order chi connectivity index (χ0) is 11.3. The number of likely N-dealkylation sites (N-methyl/N-ethyl adjacent to an activating group) is 1. The average Bonchev–Trinajstić information content (AvgIpc) is 2.25. The van der Waals surface area contributed by atoms with Crippen molar-refractivity contribution in [2.45, 2.75) is 13.0 Å². The van der Waals surface area contributed by atoms with Crippen LogP contribution in [0.1, 0.15) is 11.1 Å². The maximum atomic E-state index is 9.16. The Balaban J connectivity index is 2.74. The van der Waals surface area contributed by atoms with Crippen molar-refractivity contribution < 1.29 is 9.84 Å². The minimum absolute atomic E-state index is 0.0268. The minimum Gasteiger partial charge on any atom is -0.496 e. The lowest BCUT2D eigenvalue weighted by atomic mass is 10.1. The van der Waals surface area contributed by atoms with Crippen LogP contribution in [0.2, 0.25) is 0 Å². The van der Waals surface area contributed by atoms with Gasteiger partial charge in [-0.2, -0.15) is 0 Å². The molecule has 0 heterocycles. The Morgan fingerprint density at radius 3 is 2.60 bits per heavy atom. The molecule has 3 nitrogen and oxygen atoms in total. The summed E-state index contributed by atoms with van der Waals surface area (Å²) in [6, 6.07) is 5.96. The van der Waals surface area contributed by atoms with Crippen molar-refractivity contribution in [3.8, 4) is 5.75 Å². The lowest BCUT2D eigenvalue weighted by Crippen LogP contribution is -2.15. The summed E-state index contributed by atoms with van der Waals surface area (Å²) in [5.74, 6) is 0.756. The van der Waals surface area contributed by atoms with Gasteiger partial charge in [0.2, 0.25) is 0 Å². The fraction of sp³-hybridized carbons (Fsp3) is 0.500. The Bertz CT molecular complexity index is 310. The molecule has 0 aliphatic carbocycles. The molecule has 0 atom stereocenters. The summed E-state index contributed by atoms with van der Waals surface area (Å²) in [5, 5.41) is 9.16. The van der Waals surface area contributed by atoms with Crippen LogP contribution in [0.5, 0.6) is 5.75 Å². The van der Waals surface area contributed by atoms with Crippen molar-refractivity contribution >= 4 is 0 Å². The normalized spacial score (nSPS) is 10.7. The summed E-state index contributed by atoms with van der Waals surface area (Å²) in [7, 11) is 5.72. The molecule has 1 N–H and O–H groups in total. The molecule has 0 aromatic heterocycles. The first-order chi connectivity index (χ1) is 7.17. The predicted octanol–water partition coefficient (Wildman–Crippen LogP) is 1.29. The first-order valence-electron chi connectivity index (χ1n) is 5.08. The van der Waals surface area contributed by atoms with Gasteiger partial charge in [0.05, 0.1) is 13.7 Å². The fourth-order valence-electron chi connectivity index (χ4n) is 1.46. The molecule has 1 aromatic rings. The van der Waals surface area contributed by atoms with Crippen molar-refractivity contribution in [3.05, 3.63) is 29.3 Å².